The topological polar surface area (TPSA) is 115 Å². The number of carboxylic acids is 1. The van der Waals surface area contributed by atoms with Gasteiger partial charge in [0.1, 0.15) is 5.82 Å². The average molecular weight is 440 g/mol. The van der Waals surface area contributed by atoms with Crippen molar-refractivity contribution in [2.75, 3.05) is 49.5 Å². The van der Waals surface area contributed by atoms with Crippen LogP contribution in [0.15, 0.2) is 24.3 Å². The first-order valence-corrected chi connectivity index (χ1v) is 11.2. The molecule has 4 rings (SSSR count). The van der Waals surface area contributed by atoms with Gasteiger partial charge in [-0.05, 0) is 43.5 Å². The smallest absolute Gasteiger partial charge is 0.336 e. The number of aromatic carboxylic acids is 1. The minimum atomic E-state index is -1.03. The number of amides is 2. The van der Waals surface area contributed by atoms with Crippen LogP contribution in [-0.4, -0.2) is 72.0 Å². The summed E-state index contributed by atoms with van der Waals surface area (Å²) in [5, 5.41) is 16.1. The number of hydrogen-bond acceptors (Lipinski definition) is 6. The molecule has 9 heteroatoms. The van der Waals surface area contributed by atoms with Crippen molar-refractivity contribution in [1.82, 2.24) is 15.2 Å². The van der Waals surface area contributed by atoms with Gasteiger partial charge in [0.15, 0.2) is 0 Å². The highest BCUT2D eigenvalue weighted by molar-refractivity contribution is 6.05. The Bertz CT molecular complexity index is 1030. The quantitative estimate of drug-likeness (QED) is 0.576. The first-order valence-electron chi connectivity index (χ1n) is 11.2. The lowest BCUT2D eigenvalue weighted by Crippen LogP contribution is -2.49. The fourth-order valence-electron chi connectivity index (χ4n) is 3.88. The summed E-state index contributed by atoms with van der Waals surface area (Å²) in [6.45, 7) is 5.80. The molecule has 0 bridgehead atoms. The fraction of sp³-hybridized carbons (Fsp3) is 0.478. The number of pyridine rings is 1. The molecule has 1 saturated carbocycles. The molecule has 3 N–H and O–H groups in total. The van der Waals surface area contributed by atoms with Crippen LogP contribution in [0.2, 0.25) is 0 Å². The van der Waals surface area contributed by atoms with E-state index in [0.29, 0.717) is 61.7 Å². The molecule has 0 atom stereocenters. The van der Waals surface area contributed by atoms with Gasteiger partial charge >= 0.3 is 5.97 Å². The van der Waals surface area contributed by atoms with E-state index in [1.807, 2.05) is 6.92 Å². The molecule has 170 valence electrons. The third-order valence-electron chi connectivity index (χ3n) is 5.88. The number of carbonyl (C=O) groups excluding carboxylic acids is 2. The molecule has 2 fully saturated rings. The Morgan fingerprint density at radius 1 is 1.12 bits per heavy atom. The molecule has 1 aliphatic heterocycles. The van der Waals surface area contributed by atoms with Crippen LogP contribution >= 0.6 is 0 Å². The zero-order valence-corrected chi connectivity index (χ0v) is 18.3. The number of fused-ring (bicyclic) bond motifs is 1. The summed E-state index contributed by atoms with van der Waals surface area (Å²) < 4.78 is 0. The number of nitrogens with zero attached hydrogens (tertiary/aromatic N) is 3. The molecule has 32 heavy (non-hydrogen) atoms. The van der Waals surface area contributed by atoms with Gasteiger partial charge in [0.05, 0.1) is 17.6 Å². The summed E-state index contributed by atoms with van der Waals surface area (Å²) in [5.74, 6) is -0.342. The number of piperazine rings is 1. The van der Waals surface area contributed by atoms with Gasteiger partial charge in [-0.1, -0.05) is 6.92 Å². The summed E-state index contributed by atoms with van der Waals surface area (Å²) in [5.41, 5.74) is 1.32. The van der Waals surface area contributed by atoms with Gasteiger partial charge in [-0.2, -0.15) is 0 Å². The van der Waals surface area contributed by atoms with Crippen LogP contribution in [0.4, 0.5) is 11.5 Å². The van der Waals surface area contributed by atoms with E-state index in [2.05, 4.69) is 25.4 Å². The van der Waals surface area contributed by atoms with Gasteiger partial charge in [0, 0.05) is 49.7 Å². The second-order valence-electron chi connectivity index (χ2n) is 8.44. The van der Waals surface area contributed by atoms with Gasteiger partial charge in [-0.3, -0.25) is 14.5 Å². The fourth-order valence-corrected chi connectivity index (χ4v) is 3.88. The van der Waals surface area contributed by atoms with Gasteiger partial charge in [0.25, 0.3) is 0 Å². The Balaban J connectivity index is 1.48. The zero-order valence-electron chi connectivity index (χ0n) is 18.3. The van der Waals surface area contributed by atoms with E-state index in [4.69, 9.17) is 0 Å². The first kappa shape index (κ1) is 22.0. The lowest BCUT2D eigenvalue weighted by Gasteiger charge is -2.35. The van der Waals surface area contributed by atoms with E-state index in [1.54, 1.807) is 24.3 Å². The third kappa shape index (κ3) is 5.16. The Labute approximate surface area is 186 Å². The minimum absolute atomic E-state index is 0.0212. The van der Waals surface area contributed by atoms with E-state index < -0.39 is 5.97 Å². The molecule has 1 saturated heterocycles. The maximum Gasteiger partial charge on any atom is 0.336 e. The average Bonchev–Trinajstić information content (AvgIpc) is 3.63. The SMILES string of the molecule is CCCNC(=O)CN1CCN(c2cc(C(=O)O)c3cc(NC(=O)C4CC4)ccc3n2)CC1. The van der Waals surface area contributed by atoms with Crippen LogP contribution in [-0.2, 0) is 9.59 Å². The zero-order chi connectivity index (χ0) is 22.7. The van der Waals surface area contributed by atoms with E-state index in [9.17, 15) is 19.5 Å². The summed E-state index contributed by atoms with van der Waals surface area (Å²) in [6.07, 6.45) is 2.72. The molecule has 0 unspecified atom stereocenters. The van der Waals surface area contributed by atoms with E-state index in [-0.39, 0.29) is 23.3 Å². The Hall–Kier alpha value is -3.20. The largest absolute Gasteiger partial charge is 0.478 e. The van der Waals surface area contributed by atoms with Crippen LogP contribution in [0.5, 0.6) is 0 Å². The summed E-state index contributed by atoms with van der Waals surface area (Å²) >= 11 is 0. The summed E-state index contributed by atoms with van der Waals surface area (Å²) in [7, 11) is 0. The number of benzene rings is 1. The van der Waals surface area contributed by atoms with Crippen LogP contribution in [0.25, 0.3) is 10.9 Å². The molecule has 2 aliphatic rings. The molecule has 1 aromatic heterocycles. The standard InChI is InChI=1S/C23H29N5O4/c1-2-7-24-21(29)14-27-8-10-28(11-9-27)20-13-18(23(31)32)17-12-16(5-6-19(17)26-20)25-22(30)15-3-4-15/h5-6,12-13,15H,2-4,7-11,14H2,1H3,(H,24,29)(H,25,30)(H,31,32). The van der Waals surface area contributed by atoms with Crippen molar-refractivity contribution in [2.24, 2.45) is 5.92 Å². The van der Waals surface area contributed by atoms with Crippen molar-refractivity contribution in [1.29, 1.82) is 0 Å². The Morgan fingerprint density at radius 3 is 2.53 bits per heavy atom. The maximum absolute atomic E-state index is 12.1. The molecule has 2 amide bonds. The molecule has 2 aromatic rings. The van der Waals surface area contributed by atoms with Crippen molar-refractivity contribution in [2.45, 2.75) is 26.2 Å². The molecular formula is C23H29N5O4. The molecular weight excluding hydrogens is 410 g/mol. The summed E-state index contributed by atoms with van der Waals surface area (Å²) in [4.78, 5) is 44.8. The first-order chi connectivity index (χ1) is 15.4. The molecule has 1 aliphatic carbocycles. The predicted molar refractivity (Wildman–Crippen MR) is 122 cm³/mol. The van der Waals surface area contributed by atoms with Crippen LogP contribution in [0, 0.1) is 5.92 Å². The molecule has 0 spiro atoms. The number of carboxylic acid groups (broad SMARTS) is 1. The monoisotopic (exact) mass is 439 g/mol. The Morgan fingerprint density at radius 2 is 1.88 bits per heavy atom. The molecule has 0 radical (unpaired) electrons. The number of aromatic nitrogens is 1. The van der Waals surface area contributed by atoms with Crippen molar-refractivity contribution < 1.29 is 19.5 Å². The summed E-state index contributed by atoms with van der Waals surface area (Å²) in [6, 6.07) is 6.80. The molecule has 2 heterocycles. The number of rotatable bonds is 8. The van der Waals surface area contributed by atoms with E-state index in [1.165, 1.54) is 0 Å². The Kier molecular flexibility index (Phi) is 6.55. The van der Waals surface area contributed by atoms with E-state index in [0.717, 1.165) is 19.3 Å². The van der Waals surface area contributed by atoms with Gasteiger partial charge in [0.2, 0.25) is 11.8 Å². The van der Waals surface area contributed by atoms with Crippen molar-refractivity contribution in [3.05, 3.63) is 29.8 Å². The van der Waals surface area contributed by atoms with Crippen LogP contribution in [0.1, 0.15) is 36.5 Å². The van der Waals surface area contributed by atoms with Gasteiger partial charge < -0.3 is 20.6 Å². The number of nitrogens with one attached hydrogen (secondary N) is 2. The second kappa shape index (κ2) is 9.52. The third-order valence-corrected chi connectivity index (χ3v) is 5.88. The van der Waals surface area contributed by atoms with Crippen LogP contribution < -0.4 is 15.5 Å². The lowest BCUT2D eigenvalue weighted by molar-refractivity contribution is -0.122. The van der Waals surface area contributed by atoms with Gasteiger partial charge in [-0.25, -0.2) is 9.78 Å². The minimum Gasteiger partial charge on any atom is -0.478 e. The maximum atomic E-state index is 12.1. The van der Waals surface area contributed by atoms with Gasteiger partial charge in [-0.15, -0.1) is 0 Å². The molecule has 1 aromatic carbocycles. The number of hydrogen-bond donors (Lipinski definition) is 3. The normalized spacial score (nSPS) is 16.7. The second-order valence-corrected chi connectivity index (χ2v) is 8.44. The highest BCUT2D eigenvalue weighted by Gasteiger charge is 2.29. The van der Waals surface area contributed by atoms with E-state index >= 15 is 0 Å². The van der Waals surface area contributed by atoms with Crippen molar-refractivity contribution in [3.8, 4) is 0 Å². The highest BCUT2D eigenvalue weighted by atomic mass is 16.4. The lowest BCUT2D eigenvalue weighted by atomic mass is 10.1. The van der Waals surface area contributed by atoms with Crippen LogP contribution in [0.3, 0.4) is 0 Å². The van der Waals surface area contributed by atoms with Crippen molar-refractivity contribution >= 4 is 40.2 Å². The molecule has 9 nitrogen and oxygen atoms in total. The number of carbonyl (C=O) groups is 3. The van der Waals surface area contributed by atoms with Crippen molar-refractivity contribution in [3.63, 3.8) is 0 Å². The predicted octanol–water partition coefficient (Wildman–Crippen LogP) is 1.93. The highest BCUT2D eigenvalue weighted by Crippen LogP contribution is 2.31. The number of anilines is 2.